The number of nitrogens with zero attached hydrogens (tertiary/aromatic N) is 2. The molecule has 0 aromatic heterocycles. The highest BCUT2D eigenvalue weighted by atomic mass is 32.2. The van der Waals surface area contributed by atoms with E-state index in [9.17, 15) is 13.2 Å². The number of hydrogen-bond acceptors (Lipinski definition) is 4. The molecule has 1 N–H and O–H groups in total. The van der Waals surface area contributed by atoms with Crippen molar-refractivity contribution in [2.75, 3.05) is 32.1 Å². The number of hydrogen-bond donors (Lipinski definition) is 1. The van der Waals surface area contributed by atoms with Crippen molar-refractivity contribution in [3.63, 3.8) is 0 Å². The first-order chi connectivity index (χ1) is 9.80. The van der Waals surface area contributed by atoms with Crippen LogP contribution in [-0.2, 0) is 14.8 Å². The van der Waals surface area contributed by atoms with E-state index in [1.54, 1.807) is 24.3 Å². The van der Waals surface area contributed by atoms with Crippen molar-refractivity contribution in [1.29, 1.82) is 0 Å². The van der Waals surface area contributed by atoms with E-state index < -0.39 is 16.0 Å². The third-order valence-corrected chi connectivity index (χ3v) is 5.56. The van der Waals surface area contributed by atoms with Crippen molar-refractivity contribution in [1.82, 2.24) is 4.31 Å². The number of sulfonamides is 1. The maximum atomic E-state index is 12.0. The lowest BCUT2D eigenvalue weighted by Gasteiger charge is -2.19. The summed E-state index contributed by atoms with van der Waals surface area (Å²) in [5.41, 5.74) is 0.931. The molecule has 0 spiro atoms. The Hall–Kier alpha value is -1.60. The van der Waals surface area contributed by atoms with Crippen LogP contribution in [0.5, 0.6) is 0 Å². The van der Waals surface area contributed by atoms with Gasteiger partial charge >= 0.3 is 5.97 Å². The van der Waals surface area contributed by atoms with Crippen LogP contribution in [-0.4, -0.2) is 51.0 Å². The van der Waals surface area contributed by atoms with Crippen molar-refractivity contribution in [2.45, 2.75) is 17.7 Å². The van der Waals surface area contributed by atoms with Crippen LogP contribution < -0.4 is 4.90 Å². The SMILES string of the molecule is CN(C)S(=O)(=O)c1ccc(N2CCC(CC(=O)O)C2)cc1. The lowest BCUT2D eigenvalue weighted by molar-refractivity contribution is -0.137. The minimum absolute atomic E-state index is 0.160. The van der Waals surface area contributed by atoms with Gasteiger partial charge in [0.15, 0.2) is 0 Å². The molecule has 1 heterocycles. The highest BCUT2D eigenvalue weighted by Gasteiger charge is 2.25. The summed E-state index contributed by atoms with van der Waals surface area (Å²) in [5.74, 6) is -0.609. The predicted octanol–water partition coefficient (Wildman–Crippen LogP) is 1.24. The molecule has 116 valence electrons. The lowest BCUT2D eigenvalue weighted by Crippen LogP contribution is -2.23. The highest BCUT2D eigenvalue weighted by molar-refractivity contribution is 7.89. The zero-order valence-electron chi connectivity index (χ0n) is 12.2. The molecule has 1 fully saturated rings. The molecular weight excluding hydrogens is 292 g/mol. The van der Waals surface area contributed by atoms with Gasteiger partial charge in [-0.1, -0.05) is 0 Å². The van der Waals surface area contributed by atoms with Crippen LogP contribution in [0.4, 0.5) is 5.69 Å². The molecule has 1 aliphatic rings. The quantitative estimate of drug-likeness (QED) is 0.885. The molecule has 0 saturated carbocycles. The number of aliphatic carboxylic acids is 1. The fraction of sp³-hybridized carbons (Fsp3) is 0.500. The Kier molecular flexibility index (Phi) is 4.53. The maximum absolute atomic E-state index is 12.0. The molecule has 21 heavy (non-hydrogen) atoms. The van der Waals surface area contributed by atoms with Crippen LogP contribution in [0.3, 0.4) is 0 Å². The summed E-state index contributed by atoms with van der Waals surface area (Å²) in [6, 6.07) is 6.74. The summed E-state index contributed by atoms with van der Waals surface area (Å²) in [6.07, 6.45) is 1.04. The van der Waals surface area contributed by atoms with E-state index in [1.165, 1.54) is 18.4 Å². The van der Waals surface area contributed by atoms with Gasteiger partial charge in [0.1, 0.15) is 0 Å². The second kappa shape index (κ2) is 6.03. The zero-order chi connectivity index (χ0) is 15.6. The first kappa shape index (κ1) is 15.8. The van der Waals surface area contributed by atoms with Crippen LogP contribution in [0.25, 0.3) is 0 Å². The number of anilines is 1. The Labute approximate surface area is 125 Å². The summed E-state index contributed by atoms with van der Waals surface area (Å²) in [4.78, 5) is 13.1. The van der Waals surface area contributed by atoms with E-state index in [-0.39, 0.29) is 17.2 Å². The molecule has 0 amide bonds. The van der Waals surface area contributed by atoms with Crippen molar-refractivity contribution in [2.24, 2.45) is 5.92 Å². The fourth-order valence-corrected chi connectivity index (χ4v) is 3.42. The van der Waals surface area contributed by atoms with Crippen LogP contribution in [0.2, 0.25) is 0 Å². The third kappa shape index (κ3) is 3.54. The number of carbonyl (C=O) groups is 1. The molecular formula is C14H20N2O4S. The van der Waals surface area contributed by atoms with Gasteiger partial charge in [0.05, 0.1) is 4.90 Å². The molecule has 1 unspecified atom stereocenters. The number of carboxylic acid groups (broad SMARTS) is 1. The summed E-state index contributed by atoms with van der Waals surface area (Å²) in [7, 11) is -0.406. The van der Waals surface area contributed by atoms with Crippen molar-refractivity contribution >= 4 is 21.7 Å². The van der Waals surface area contributed by atoms with Crippen LogP contribution in [0.1, 0.15) is 12.8 Å². The van der Waals surface area contributed by atoms with Crippen molar-refractivity contribution < 1.29 is 18.3 Å². The molecule has 6 nitrogen and oxygen atoms in total. The number of carboxylic acids is 1. The summed E-state index contributed by atoms with van der Waals surface area (Å²) in [6.45, 7) is 1.50. The van der Waals surface area contributed by atoms with Gasteiger partial charge in [0, 0.05) is 39.3 Å². The molecule has 0 bridgehead atoms. The van der Waals surface area contributed by atoms with Gasteiger partial charge in [0.25, 0.3) is 0 Å². The van der Waals surface area contributed by atoms with Crippen LogP contribution >= 0.6 is 0 Å². The minimum atomic E-state index is -3.41. The molecule has 2 rings (SSSR count). The number of rotatable bonds is 5. The summed E-state index contributed by atoms with van der Waals surface area (Å²) >= 11 is 0. The second-order valence-corrected chi connectivity index (χ2v) is 7.63. The molecule has 0 aliphatic carbocycles. The van der Waals surface area contributed by atoms with Gasteiger partial charge in [-0.2, -0.15) is 0 Å². The Balaban J connectivity index is 2.09. The summed E-state index contributed by atoms with van der Waals surface area (Å²) < 4.78 is 25.2. The minimum Gasteiger partial charge on any atom is -0.481 e. The van der Waals surface area contributed by atoms with Crippen LogP contribution in [0.15, 0.2) is 29.2 Å². The van der Waals surface area contributed by atoms with E-state index in [0.717, 1.165) is 18.7 Å². The first-order valence-electron chi connectivity index (χ1n) is 6.80. The van der Waals surface area contributed by atoms with E-state index in [0.29, 0.717) is 6.54 Å². The second-order valence-electron chi connectivity index (χ2n) is 5.48. The van der Waals surface area contributed by atoms with Crippen molar-refractivity contribution in [3.05, 3.63) is 24.3 Å². The predicted molar refractivity (Wildman–Crippen MR) is 79.9 cm³/mol. The number of benzene rings is 1. The smallest absolute Gasteiger partial charge is 0.303 e. The monoisotopic (exact) mass is 312 g/mol. The van der Waals surface area contributed by atoms with Gasteiger partial charge in [0.2, 0.25) is 10.0 Å². The third-order valence-electron chi connectivity index (χ3n) is 3.73. The zero-order valence-corrected chi connectivity index (χ0v) is 13.0. The van der Waals surface area contributed by atoms with E-state index in [1.807, 2.05) is 0 Å². The highest BCUT2D eigenvalue weighted by Crippen LogP contribution is 2.27. The van der Waals surface area contributed by atoms with Crippen molar-refractivity contribution in [3.8, 4) is 0 Å². The molecule has 1 atom stereocenters. The standard InChI is InChI=1S/C14H20N2O4S/c1-15(2)21(19,20)13-5-3-12(4-6-13)16-8-7-11(10-16)9-14(17)18/h3-6,11H,7-10H2,1-2H3,(H,17,18). The van der Waals surface area contributed by atoms with Gasteiger partial charge in [-0.05, 0) is 36.6 Å². The Morgan fingerprint density at radius 1 is 1.33 bits per heavy atom. The topological polar surface area (TPSA) is 77.9 Å². The van der Waals surface area contributed by atoms with Gasteiger partial charge in [-0.25, -0.2) is 12.7 Å². The lowest BCUT2D eigenvalue weighted by atomic mass is 10.1. The molecule has 1 aromatic rings. The molecule has 1 aromatic carbocycles. The Morgan fingerprint density at radius 2 is 1.95 bits per heavy atom. The van der Waals surface area contributed by atoms with Crippen LogP contribution in [0, 0.1) is 5.92 Å². The molecule has 0 radical (unpaired) electrons. The Morgan fingerprint density at radius 3 is 2.48 bits per heavy atom. The first-order valence-corrected chi connectivity index (χ1v) is 8.24. The summed E-state index contributed by atoms with van der Waals surface area (Å²) in [5, 5.41) is 8.82. The van der Waals surface area contributed by atoms with Gasteiger partial charge in [-0.3, -0.25) is 4.79 Å². The van der Waals surface area contributed by atoms with E-state index in [4.69, 9.17) is 5.11 Å². The average molecular weight is 312 g/mol. The van der Waals surface area contributed by atoms with E-state index >= 15 is 0 Å². The molecule has 1 aliphatic heterocycles. The Bertz CT molecular complexity index is 610. The largest absolute Gasteiger partial charge is 0.481 e. The average Bonchev–Trinajstić information content (AvgIpc) is 2.86. The van der Waals surface area contributed by atoms with E-state index in [2.05, 4.69) is 4.90 Å². The maximum Gasteiger partial charge on any atom is 0.303 e. The normalized spacial score (nSPS) is 19.2. The van der Waals surface area contributed by atoms with Gasteiger partial charge < -0.3 is 10.0 Å². The van der Waals surface area contributed by atoms with Gasteiger partial charge in [-0.15, -0.1) is 0 Å². The molecule has 1 saturated heterocycles. The molecule has 7 heteroatoms. The fourth-order valence-electron chi connectivity index (χ4n) is 2.52.